The van der Waals surface area contributed by atoms with Crippen molar-refractivity contribution in [3.05, 3.63) is 0 Å². The van der Waals surface area contributed by atoms with E-state index in [4.69, 9.17) is 10.2 Å². The molecule has 11 nitrogen and oxygen atoms in total. The Bertz CT molecular complexity index is 203. The van der Waals surface area contributed by atoms with Crippen LogP contribution < -0.4 is 6.15 Å². The summed E-state index contributed by atoms with van der Waals surface area (Å²) in [5.41, 5.74) is 0. The SMILES string of the molecule is N.O.O.O.O.O=C(O)C(=O)C(=O)C(=O)O.[Ti]. The van der Waals surface area contributed by atoms with Crippen LogP contribution in [0.4, 0.5) is 0 Å². The summed E-state index contributed by atoms with van der Waals surface area (Å²) in [6.07, 6.45) is 0. The first kappa shape index (κ1) is 46.3. The van der Waals surface area contributed by atoms with Crippen LogP contribution in [0.3, 0.4) is 0 Å². The third-order valence-electron chi connectivity index (χ3n) is 0.595. The molecule has 0 radical (unpaired) electrons. The first-order valence-corrected chi connectivity index (χ1v) is 2.01. The summed E-state index contributed by atoms with van der Waals surface area (Å²) in [5, 5.41) is 15.5. The maximum atomic E-state index is 9.95. The number of carbonyl (C=O) groups excluding carboxylic acids is 2. The molecule has 13 N–H and O–H groups in total. The summed E-state index contributed by atoms with van der Waals surface area (Å²) >= 11 is 0. The zero-order valence-corrected chi connectivity index (χ0v) is 9.30. The molecule has 0 spiro atoms. The van der Waals surface area contributed by atoms with Gasteiger partial charge in [-0.1, -0.05) is 0 Å². The molecular weight excluding hydrogens is 270 g/mol. The molecule has 0 amide bonds. The molecule has 16 heavy (non-hydrogen) atoms. The molecule has 0 saturated heterocycles. The van der Waals surface area contributed by atoms with E-state index in [9.17, 15) is 19.2 Å². The molecule has 0 aliphatic carbocycles. The van der Waals surface area contributed by atoms with E-state index in [1.54, 1.807) is 0 Å². The number of hydrogen-bond donors (Lipinski definition) is 3. The first-order chi connectivity index (χ1) is 4.46. The molecule has 0 bridgehead atoms. The zero-order valence-electron chi connectivity index (χ0n) is 7.73. The maximum absolute atomic E-state index is 9.95. The Labute approximate surface area is 103 Å². The quantitative estimate of drug-likeness (QED) is 0.257. The van der Waals surface area contributed by atoms with E-state index in [2.05, 4.69) is 0 Å². The molecule has 0 aromatic heterocycles. The molecule has 98 valence electrons. The molecule has 12 heteroatoms. The molecule has 0 rings (SSSR count). The van der Waals surface area contributed by atoms with E-state index in [1.807, 2.05) is 0 Å². The topological polar surface area (TPSA) is 270 Å². The Morgan fingerprint density at radius 2 is 0.750 bits per heavy atom. The number of carbonyl (C=O) groups is 4. The number of carboxylic acids is 2. The number of rotatable bonds is 3. The van der Waals surface area contributed by atoms with Crippen LogP contribution in [0.1, 0.15) is 0 Å². The maximum Gasteiger partial charge on any atom is 0.381 e. The van der Waals surface area contributed by atoms with Gasteiger partial charge in [-0.05, 0) is 0 Å². The van der Waals surface area contributed by atoms with E-state index >= 15 is 0 Å². The van der Waals surface area contributed by atoms with Crippen molar-refractivity contribution < 1.29 is 73.0 Å². The van der Waals surface area contributed by atoms with Gasteiger partial charge in [0.25, 0.3) is 0 Å². The molecule has 0 fully saturated rings. The van der Waals surface area contributed by atoms with Crippen LogP contribution in [0, 0.1) is 0 Å². The van der Waals surface area contributed by atoms with E-state index in [-0.39, 0.29) is 49.8 Å². The number of Topliss-reactive ketones (excluding diaryl/α,β-unsaturated/α-hetero) is 2. The fourth-order valence-electron chi connectivity index (χ4n) is 0.194. The van der Waals surface area contributed by atoms with Crippen LogP contribution in [0.5, 0.6) is 0 Å². The zero-order chi connectivity index (χ0) is 8.31. The molecular formula is C4H13NO10Ti. The summed E-state index contributed by atoms with van der Waals surface area (Å²) in [7, 11) is 0. The minimum atomic E-state index is -2.06. The normalized spacial score (nSPS) is 5.25. The molecule has 0 aliphatic rings. The van der Waals surface area contributed by atoms with Crippen molar-refractivity contribution in [3.8, 4) is 0 Å². The molecule has 0 saturated carbocycles. The number of ketones is 2. The Balaban J connectivity index is -0.0000000270. The summed E-state index contributed by atoms with van der Waals surface area (Å²) in [6, 6.07) is 0. The molecule has 0 aromatic rings. The van der Waals surface area contributed by atoms with E-state index in [0.717, 1.165) is 0 Å². The smallest absolute Gasteiger partial charge is 0.381 e. The third-order valence-corrected chi connectivity index (χ3v) is 0.595. The van der Waals surface area contributed by atoms with Crippen LogP contribution in [-0.2, 0) is 40.9 Å². The van der Waals surface area contributed by atoms with Gasteiger partial charge in [-0.2, -0.15) is 0 Å². The largest absolute Gasteiger partial charge is 0.475 e. The standard InChI is InChI=1S/C4H2O6.H3N.4H2O.Ti/c5-1(3(7)8)2(6)4(9)10;;;;;;/h(H,7,8)(H,9,10);1H3;4*1H2;. The number of hydrogen-bond acceptors (Lipinski definition) is 5. The van der Waals surface area contributed by atoms with Gasteiger partial charge in [-0.15, -0.1) is 0 Å². The van der Waals surface area contributed by atoms with Gasteiger partial charge >= 0.3 is 23.5 Å². The Kier molecular flexibility index (Phi) is 56.1. The van der Waals surface area contributed by atoms with Crippen LogP contribution >= 0.6 is 0 Å². The molecule has 0 aromatic carbocycles. The molecule has 0 heterocycles. The molecule has 0 unspecified atom stereocenters. The van der Waals surface area contributed by atoms with Crippen molar-refractivity contribution in [2.45, 2.75) is 0 Å². The monoisotopic (exact) mass is 283 g/mol. The second kappa shape index (κ2) is 19.4. The summed E-state index contributed by atoms with van der Waals surface area (Å²) in [6.45, 7) is 0. The summed E-state index contributed by atoms with van der Waals surface area (Å²) in [5.74, 6) is -8.00. The Hall–Kier alpha value is -1.21. The van der Waals surface area contributed by atoms with Gasteiger partial charge in [0.15, 0.2) is 0 Å². The van der Waals surface area contributed by atoms with Crippen LogP contribution in [0.2, 0.25) is 0 Å². The summed E-state index contributed by atoms with van der Waals surface area (Å²) in [4.78, 5) is 39.1. The summed E-state index contributed by atoms with van der Waals surface area (Å²) < 4.78 is 0. The molecule has 0 aliphatic heterocycles. The number of carboxylic acid groups (broad SMARTS) is 2. The van der Waals surface area contributed by atoms with Crippen LogP contribution in [0.25, 0.3) is 0 Å². The second-order valence-electron chi connectivity index (χ2n) is 1.27. The second-order valence-corrected chi connectivity index (χ2v) is 1.27. The van der Waals surface area contributed by atoms with Crippen LogP contribution in [0.15, 0.2) is 0 Å². The predicted molar refractivity (Wildman–Crippen MR) is 44.8 cm³/mol. The fourth-order valence-corrected chi connectivity index (χ4v) is 0.194. The van der Waals surface area contributed by atoms with Crippen molar-refractivity contribution in [1.82, 2.24) is 6.15 Å². The Morgan fingerprint density at radius 3 is 0.812 bits per heavy atom. The van der Waals surface area contributed by atoms with E-state index < -0.39 is 23.5 Å². The van der Waals surface area contributed by atoms with Crippen molar-refractivity contribution in [2.24, 2.45) is 0 Å². The van der Waals surface area contributed by atoms with Gasteiger partial charge < -0.3 is 38.3 Å². The van der Waals surface area contributed by atoms with Gasteiger partial charge in [0.1, 0.15) is 0 Å². The van der Waals surface area contributed by atoms with Gasteiger partial charge in [0.2, 0.25) is 0 Å². The van der Waals surface area contributed by atoms with Gasteiger partial charge in [-0.3, -0.25) is 9.59 Å². The van der Waals surface area contributed by atoms with Crippen molar-refractivity contribution in [2.75, 3.05) is 0 Å². The average Bonchev–Trinajstić information content (AvgIpc) is 1.84. The van der Waals surface area contributed by atoms with Gasteiger partial charge in [-0.25, -0.2) is 9.59 Å². The van der Waals surface area contributed by atoms with Crippen LogP contribution in [-0.4, -0.2) is 55.6 Å². The van der Waals surface area contributed by atoms with Crippen molar-refractivity contribution in [3.63, 3.8) is 0 Å². The van der Waals surface area contributed by atoms with Crippen molar-refractivity contribution >= 4 is 23.5 Å². The predicted octanol–water partition coefficient (Wildman–Crippen LogP) is -4.85. The molecule has 0 atom stereocenters. The van der Waals surface area contributed by atoms with Gasteiger partial charge in [0, 0.05) is 21.7 Å². The Morgan fingerprint density at radius 1 is 0.625 bits per heavy atom. The minimum absolute atomic E-state index is 0. The first-order valence-electron chi connectivity index (χ1n) is 2.01. The fraction of sp³-hybridized carbons (Fsp3) is 0. The van der Waals surface area contributed by atoms with Gasteiger partial charge in [0.05, 0.1) is 0 Å². The number of aliphatic carboxylic acids is 2. The third kappa shape index (κ3) is 15.3. The van der Waals surface area contributed by atoms with E-state index in [1.165, 1.54) is 0 Å². The van der Waals surface area contributed by atoms with Crippen molar-refractivity contribution in [1.29, 1.82) is 0 Å². The minimum Gasteiger partial charge on any atom is -0.475 e. The average molecular weight is 283 g/mol. The van der Waals surface area contributed by atoms with E-state index in [0.29, 0.717) is 0 Å².